The molecule has 0 saturated carbocycles. The van der Waals surface area contributed by atoms with E-state index in [-0.39, 0.29) is 0 Å². The Kier molecular flexibility index (Phi) is 2.87. The van der Waals surface area contributed by atoms with Gasteiger partial charge in [-0.1, -0.05) is 15.9 Å². The van der Waals surface area contributed by atoms with Crippen molar-refractivity contribution in [2.75, 3.05) is 18.9 Å². The van der Waals surface area contributed by atoms with Crippen LogP contribution in [0.4, 0.5) is 5.82 Å². The van der Waals surface area contributed by atoms with Crippen molar-refractivity contribution in [3.05, 3.63) is 22.8 Å². The standard InChI is InChI=1S/C12H12BrN3O2/c13-9-5-11-10(17-2-1-3-18-11)4-7(9)8-6-15-16-12(8)14/h4-6H,1-3H2,(H3,14,15,16). The summed E-state index contributed by atoms with van der Waals surface area (Å²) in [5.74, 6) is 2.03. The van der Waals surface area contributed by atoms with Crippen LogP contribution in [-0.4, -0.2) is 23.4 Å². The van der Waals surface area contributed by atoms with E-state index in [2.05, 4.69) is 26.1 Å². The zero-order valence-electron chi connectivity index (χ0n) is 9.57. The van der Waals surface area contributed by atoms with E-state index in [1.807, 2.05) is 12.1 Å². The van der Waals surface area contributed by atoms with Gasteiger partial charge in [-0.2, -0.15) is 5.10 Å². The van der Waals surface area contributed by atoms with Gasteiger partial charge in [-0.25, -0.2) is 0 Å². The van der Waals surface area contributed by atoms with Gasteiger partial charge in [0.2, 0.25) is 0 Å². The minimum Gasteiger partial charge on any atom is -0.490 e. The van der Waals surface area contributed by atoms with Gasteiger partial charge in [-0.05, 0) is 12.1 Å². The summed E-state index contributed by atoms with van der Waals surface area (Å²) in [6, 6.07) is 3.83. The third kappa shape index (κ3) is 1.92. The molecule has 1 aromatic heterocycles. The van der Waals surface area contributed by atoms with Crippen molar-refractivity contribution < 1.29 is 9.47 Å². The summed E-state index contributed by atoms with van der Waals surface area (Å²) in [7, 11) is 0. The molecule has 0 saturated heterocycles. The number of benzene rings is 1. The van der Waals surface area contributed by atoms with Crippen molar-refractivity contribution in [1.82, 2.24) is 10.2 Å². The van der Waals surface area contributed by atoms with Gasteiger partial charge in [-0.15, -0.1) is 0 Å². The molecule has 0 spiro atoms. The molecule has 0 fully saturated rings. The number of nitrogen functional groups attached to an aromatic ring is 1. The van der Waals surface area contributed by atoms with Crippen LogP contribution < -0.4 is 15.2 Å². The minimum atomic E-state index is 0.533. The topological polar surface area (TPSA) is 73.2 Å². The number of halogens is 1. The number of hydrogen-bond donors (Lipinski definition) is 2. The summed E-state index contributed by atoms with van der Waals surface area (Å²) in [6.45, 7) is 1.33. The SMILES string of the molecule is Nc1[nH]ncc1-c1cc2c(cc1Br)OCCCO2. The predicted molar refractivity (Wildman–Crippen MR) is 71.7 cm³/mol. The molecule has 1 aromatic carbocycles. The molecule has 18 heavy (non-hydrogen) atoms. The number of aromatic amines is 1. The monoisotopic (exact) mass is 309 g/mol. The summed E-state index contributed by atoms with van der Waals surface area (Å²) in [4.78, 5) is 0. The first-order valence-corrected chi connectivity index (χ1v) is 6.43. The van der Waals surface area contributed by atoms with E-state index >= 15 is 0 Å². The van der Waals surface area contributed by atoms with Gasteiger partial charge in [0.1, 0.15) is 5.82 Å². The molecule has 2 aromatic rings. The Balaban J connectivity index is 2.11. The van der Waals surface area contributed by atoms with Gasteiger partial charge >= 0.3 is 0 Å². The quantitative estimate of drug-likeness (QED) is 0.849. The first kappa shape index (κ1) is 11.4. The highest BCUT2D eigenvalue weighted by Crippen LogP contribution is 2.40. The highest BCUT2D eigenvalue weighted by atomic mass is 79.9. The maximum absolute atomic E-state index is 5.84. The highest BCUT2D eigenvalue weighted by Gasteiger charge is 2.16. The Bertz CT molecular complexity index is 583. The molecule has 94 valence electrons. The summed E-state index contributed by atoms with van der Waals surface area (Å²) < 4.78 is 12.2. The largest absolute Gasteiger partial charge is 0.490 e. The Morgan fingerprint density at radius 2 is 1.89 bits per heavy atom. The van der Waals surface area contributed by atoms with Crippen LogP contribution >= 0.6 is 15.9 Å². The molecule has 1 aliphatic rings. The van der Waals surface area contributed by atoms with Gasteiger partial charge in [-0.3, -0.25) is 5.10 Å². The summed E-state index contributed by atoms with van der Waals surface area (Å²) in [6.07, 6.45) is 2.58. The van der Waals surface area contributed by atoms with Gasteiger partial charge in [0.25, 0.3) is 0 Å². The van der Waals surface area contributed by atoms with Crippen LogP contribution in [-0.2, 0) is 0 Å². The number of fused-ring (bicyclic) bond motifs is 1. The Labute approximate surface area is 112 Å². The second-order valence-electron chi connectivity index (χ2n) is 4.03. The molecule has 0 aliphatic carbocycles. The normalized spacial score (nSPS) is 14.3. The lowest BCUT2D eigenvalue weighted by Crippen LogP contribution is -1.97. The molecule has 2 heterocycles. The minimum absolute atomic E-state index is 0.533. The number of nitrogens with zero attached hydrogens (tertiary/aromatic N) is 1. The van der Waals surface area contributed by atoms with E-state index in [9.17, 15) is 0 Å². The number of nitrogens with two attached hydrogens (primary N) is 1. The lowest BCUT2D eigenvalue weighted by molar-refractivity contribution is 0.297. The molecule has 0 bridgehead atoms. The van der Waals surface area contributed by atoms with Crippen molar-refractivity contribution in [2.45, 2.75) is 6.42 Å². The van der Waals surface area contributed by atoms with Crippen molar-refractivity contribution in [3.8, 4) is 22.6 Å². The van der Waals surface area contributed by atoms with E-state index in [1.54, 1.807) is 6.20 Å². The van der Waals surface area contributed by atoms with Crippen LogP contribution in [0, 0.1) is 0 Å². The van der Waals surface area contributed by atoms with Crippen molar-refractivity contribution in [2.24, 2.45) is 0 Å². The number of rotatable bonds is 1. The third-order valence-corrected chi connectivity index (χ3v) is 3.45. The fourth-order valence-corrected chi connectivity index (χ4v) is 2.44. The molecule has 0 atom stereocenters. The van der Waals surface area contributed by atoms with Crippen LogP contribution in [0.25, 0.3) is 11.1 Å². The van der Waals surface area contributed by atoms with Crippen LogP contribution in [0.3, 0.4) is 0 Å². The van der Waals surface area contributed by atoms with Crippen molar-refractivity contribution in [3.63, 3.8) is 0 Å². The lowest BCUT2D eigenvalue weighted by atomic mass is 10.1. The summed E-state index contributed by atoms with van der Waals surface area (Å²) in [5.41, 5.74) is 7.62. The van der Waals surface area contributed by atoms with Gasteiger partial charge < -0.3 is 15.2 Å². The first-order valence-electron chi connectivity index (χ1n) is 5.64. The summed E-state index contributed by atoms with van der Waals surface area (Å²) >= 11 is 3.52. The van der Waals surface area contributed by atoms with E-state index in [0.29, 0.717) is 19.0 Å². The number of ether oxygens (including phenoxy) is 2. The fraction of sp³-hybridized carbons (Fsp3) is 0.250. The average molecular weight is 310 g/mol. The molecule has 1 aliphatic heterocycles. The third-order valence-electron chi connectivity index (χ3n) is 2.80. The van der Waals surface area contributed by atoms with E-state index < -0.39 is 0 Å². The Hall–Kier alpha value is -1.69. The highest BCUT2D eigenvalue weighted by molar-refractivity contribution is 9.10. The zero-order valence-corrected chi connectivity index (χ0v) is 11.2. The predicted octanol–water partition coefficient (Wildman–Crippen LogP) is 2.58. The van der Waals surface area contributed by atoms with Crippen molar-refractivity contribution >= 4 is 21.7 Å². The van der Waals surface area contributed by atoms with Crippen LogP contribution in [0.15, 0.2) is 22.8 Å². The van der Waals surface area contributed by atoms with Crippen LogP contribution in [0.2, 0.25) is 0 Å². The van der Waals surface area contributed by atoms with E-state index in [4.69, 9.17) is 15.2 Å². The Morgan fingerprint density at radius 1 is 1.17 bits per heavy atom. The molecule has 0 radical (unpaired) electrons. The summed E-state index contributed by atoms with van der Waals surface area (Å²) in [5, 5.41) is 6.65. The number of H-pyrrole nitrogens is 1. The molecule has 0 unspecified atom stereocenters. The first-order chi connectivity index (χ1) is 8.75. The Morgan fingerprint density at radius 3 is 2.56 bits per heavy atom. The number of aromatic nitrogens is 2. The molecular formula is C12H12BrN3O2. The van der Waals surface area contributed by atoms with Crippen LogP contribution in [0.5, 0.6) is 11.5 Å². The average Bonchev–Trinajstić information content (AvgIpc) is 2.64. The van der Waals surface area contributed by atoms with Gasteiger partial charge in [0.15, 0.2) is 11.5 Å². The molecule has 6 heteroatoms. The van der Waals surface area contributed by atoms with Crippen molar-refractivity contribution in [1.29, 1.82) is 0 Å². The van der Waals surface area contributed by atoms with E-state index in [0.717, 1.165) is 33.5 Å². The lowest BCUT2D eigenvalue weighted by Gasteiger charge is -2.11. The van der Waals surface area contributed by atoms with Gasteiger partial charge in [0, 0.05) is 22.0 Å². The second-order valence-corrected chi connectivity index (χ2v) is 4.88. The smallest absolute Gasteiger partial charge is 0.162 e. The maximum atomic E-state index is 5.84. The zero-order chi connectivity index (χ0) is 12.5. The second kappa shape index (κ2) is 4.53. The molecule has 0 amide bonds. The molecular weight excluding hydrogens is 298 g/mol. The fourth-order valence-electron chi connectivity index (χ4n) is 1.90. The molecule has 3 rings (SSSR count). The maximum Gasteiger partial charge on any atom is 0.162 e. The number of nitrogens with one attached hydrogen (secondary N) is 1. The van der Waals surface area contributed by atoms with Gasteiger partial charge in [0.05, 0.1) is 19.4 Å². The molecule has 5 nitrogen and oxygen atoms in total. The van der Waals surface area contributed by atoms with E-state index in [1.165, 1.54) is 0 Å². The number of hydrogen-bond acceptors (Lipinski definition) is 4. The number of anilines is 1. The van der Waals surface area contributed by atoms with Crippen LogP contribution in [0.1, 0.15) is 6.42 Å². The molecule has 3 N–H and O–H groups in total.